The van der Waals surface area contributed by atoms with Crippen molar-refractivity contribution in [1.82, 2.24) is 9.97 Å². The molecule has 0 atom stereocenters. The van der Waals surface area contributed by atoms with E-state index in [1.54, 1.807) is 0 Å². The third kappa shape index (κ3) is 3.20. The van der Waals surface area contributed by atoms with Crippen LogP contribution in [0.3, 0.4) is 0 Å². The van der Waals surface area contributed by atoms with Crippen LogP contribution in [0.4, 0.5) is 11.4 Å². The quantitative estimate of drug-likeness (QED) is 0.483. The minimum atomic E-state index is -0.718. The van der Waals surface area contributed by atoms with Gasteiger partial charge in [0.2, 0.25) is 5.28 Å². The number of rotatable bonds is 4. The Morgan fingerprint density at radius 2 is 1.86 bits per heavy atom. The maximum atomic E-state index is 10.8. The molecule has 0 aliphatic rings. The van der Waals surface area contributed by atoms with Crippen molar-refractivity contribution >= 4 is 23.0 Å². The molecule has 1 heterocycles. The van der Waals surface area contributed by atoms with Crippen LogP contribution in [0.1, 0.15) is 5.56 Å². The smallest absolute Gasteiger partial charge is 0.349 e. The molecule has 0 saturated carbocycles. The van der Waals surface area contributed by atoms with Crippen molar-refractivity contribution in [2.24, 2.45) is 0 Å². The second-order valence-electron chi connectivity index (χ2n) is 3.89. The molecule has 21 heavy (non-hydrogen) atoms. The molecule has 1 aromatic carbocycles. The minimum absolute atomic E-state index is 0.0856. The van der Waals surface area contributed by atoms with E-state index >= 15 is 0 Å². The van der Waals surface area contributed by atoms with E-state index in [-0.39, 0.29) is 22.6 Å². The fourth-order valence-electron chi connectivity index (χ4n) is 1.55. The van der Waals surface area contributed by atoms with E-state index in [2.05, 4.69) is 9.97 Å². The van der Waals surface area contributed by atoms with Crippen LogP contribution in [0.5, 0.6) is 11.6 Å². The number of benzene rings is 1. The summed E-state index contributed by atoms with van der Waals surface area (Å²) in [5, 5.41) is 21.3. The lowest BCUT2D eigenvalue weighted by atomic mass is 10.2. The number of nitro benzene ring substituents is 1. The summed E-state index contributed by atoms with van der Waals surface area (Å²) < 4.78 is 5.27. The van der Waals surface area contributed by atoms with Gasteiger partial charge in [0.1, 0.15) is 11.9 Å². The number of hydrogen-bond donors (Lipinski definition) is 0. The summed E-state index contributed by atoms with van der Waals surface area (Å²) in [6.07, 6.45) is 0.920. The molecule has 0 fully saturated rings. The topological polar surface area (TPSA) is 121 Å². The lowest BCUT2D eigenvalue weighted by molar-refractivity contribution is -0.386. The molecule has 0 saturated heterocycles. The largest absolute Gasteiger partial charge is 0.434 e. The first-order valence-electron chi connectivity index (χ1n) is 5.48. The zero-order chi connectivity index (χ0) is 15.6. The molecule has 2 rings (SSSR count). The van der Waals surface area contributed by atoms with Crippen molar-refractivity contribution in [2.75, 3.05) is 0 Å². The second kappa shape index (κ2) is 5.67. The van der Waals surface area contributed by atoms with Crippen molar-refractivity contribution in [3.8, 4) is 11.6 Å². The minimum Gasteiger partial charge on any atom is -0.434 e. The molecule has 108 valence electrons. The molecule has 0 aliphatic carbocycles. The van der Waals surface area contributed by atoms with Gasteiger partial charge in [-0.3, -0.25) is 20.2 Å². The summed E-state index contributed by atoms with van der Waals surface area (Å²) in [6.45, 7) is 1.52. The third-order valence-electron chi connectivity index (χ3n) is 2.48. The monoisotopic (exact) mass is 310 g/mol. The fourth-order valence-corrected chi connectivity index (χ4v) is 1.67. The second-order valence-corrected chi connectivity index (χ2v) is 4.23. The molecule has 10 heteroatoms. The highest BCUT2D eigenvalue weighted by Gasteiger charge is 2.20. The van der Waals surface area contributed by atoms with Gasteiger partial charge in [0.15, 0.2) is 0 Å². The molecule has 1 aromatic heterocycles. The summed E-state index contributed by atoms with van der Waals surface area (Å²) in [5.74, 6) is -0.177. The van der Waals surface area contributed by atoms with E-state index in [1.165, 1.54) is 25.1 Å². The van der Waals surface area contributed by atoms with Crippen LogP contribution in [0, 0.1) is 27.2 Å². The van der Waals surface area contributed by atoms with Crippen LogP contribution in [0.25, 0.3) is 0 Å². The van der Waals surface area contributed by atoms with Crippen LogP contribution in [-0.4, -0.2) is 19.8 Å². The third-order valence-corrected chi connectivity index (χ3v) is 2.66. The molecule has 0 unspecified atom stereocenters. The Kier molecular flexibility index (Phi) is 3.94. The normalized spacial score (nSPS) is 10.2. The van der Waals surface area contributed by atoms with Crippen molar-refractivity contribution < 1.29 is 14.6 Å². The summed E-state index contributed by atoms with van der Waals surface area (Å²) >= 11 is 5.57. The molecule has 2 aromatic rings. The van der Waals surface area contributed by atoms with Gasteiger partial charge in [0.25, 0.3) is 5.69 Å². The molecule has 9 nitrogen and oxygen atoms in total. The van der Waals surface area contributed by atoms with Crippen molar-refractivity contribution in [2.45, 2.75) is 6.92 Å². The highest BCUT2D eigenvalue weighted by atomic mass is 35.5. The molecule has 0 bridgehead atoms. The average Bonchev–Trinajstić information content (AvgIpc) is 2.37. The first kappa shape index (κ1) is 14.6. The summed E-state index contributed by atoms with van der Waals surface area (Å²) in [5.41, 5.74) is -0.201. The lowest BCUT2D eigenvalue weighted by Crippen LogP contribution is -1.98. The van der Waals surface area contributed by atoms with Gasteiger partial charge in [-0.15, -0.1) is 0 Å². The molecule has 0 aliphatic heterocycles. The van der Waals surface area contributed by atoms with Crippen molar-refractivity contribution in [3.63, 3.8) is 0 Å². The Morgan fingerprint density at radius 1 is 1.19 bits per heavy atom. The zero-order valence-electron chi connectivity index (χ0n) is 10.5. The van der Waals surface area contributed by atoms with Gasteiger partial charge in [-0.25, -0.2) is 4.98 Å². The number of aromatic nitrogens is 2. The van der Waals surface area contributed by atoms with E-state index in [4.69, 9.17) is 16.3 Å². The first-order chi connectivity index (χ1) is 9.88. The van der Waals surface area contributed by atoms with Gasteiger partial charge in [-0.2, -0.15) is 4.98 Å². The molecule has 0 N–H and O–H groups in total. The fraction of sp³-hybridized carbons (Fsp3) is 0.0909. The molecule has 0 radical (unpaired) electrons. The molecule has 0 spiro atoms. The standard InChI is InChI=1S/C11H7ClN4O5/c1-6-4-7(2-3-8(6)15(17)18)21-10-9(16(19)20)5-13-11(12)14-10/h2-5H,1H3. The Labute approximate surface area is 122 Å². The number of nitrogens with zero attached hydrogens (tertiary/aromatic N) is 4. The maximum Gasteiger partial charge on any atom is 0.349 e. The Morgan fingerprint density at radius 3 is 2.43 bits per heavy atom. The van der Waals surface area contributed by atoms with Crippen LogP contribution in [-0.2, 0) is 0 Å². The van der Waals surface area contributed by atoms with E-state index in [1.807, 2.05) is 0 Å². The van der Waals surface area contributed by atoms with Gasteiger partial charge < -0.3 is 4.74 Å². The molecular formula is C11H7ClN4O5. The number of hydrogen-bond acceptors (Lipinski definition) is 7. The van der Waals surface area contributed by atoms with Gasteiger partial charge in [0, 0.05) is 11.6 Å². The van der Waals surface area contributed by atoms with Gasteiger partial charge in [-0.1, -0.05) is 0 Å². The van der Waals surface area contributed by atoms with Gasteiger partial charge in [0.05, 0.1) is 9.85 Å². The average molecular weight is 311 g/mol. The van der Waals surface area contributed by atoms with Crippen LogP contribution in [0.2, 0.25) is 5.28 Å². The molecular weight excluding hydrogens is 304 g/mol. The first-order valence-corrected chi connectivity index (χ1v) is 5.86. The summed E-state index contributed by atoms with van der Waals surface area (Å²) in [6, 6.07) is 3.92. The highest BCUT2D eigenvalue weighted by molar-refractivity contribution is 6.28. The summed E-state index contributed by atoms with van der Waals surface area (Å²) in [7, 11) is 0. The zero-order valence-corrected chi connectivity index (χ0v) is 11.3. The van der Waals surface area contributed by atoms with Crippen LogP contribution in [0.15, 0.2) is 24.4 Å². The van der Waals surface area contributed by atoms with E-state index in [9.17, 15) is 20.2 Å². The Hall–Kier alpha value is -2.81. The van der Waals surface area contributed by atoms with Crippen LogP contribution >= 0.6 is 11.6 Å². The van der Waals surface area contributed by atoms with Crippen molar-refractivity contribution in [3.05, 3.63) is 55.5 Å². The van der Waals surface area contributed by atoms with Crippen LogP contribution < -0.4 is 4.74 Å². The SMILES string of the molecule is Cc1cc(Oc2nc(Cl)ncc2[N+](=O)[O-])ccc1[N+](=O)[O-]. The van der Waals surface area contributed by atoms with E-state index in [0.29, 0.717) is 5.56 Å². The van der Waals surface area contributed by atoms with Gasteiger partial charge in [-0.05, 0) is 30.7 Å². The number of ether oxygens (including phenoxy) is 1. The predicted octanol–water partition coefficient (Wildman–Crippen LogP) is 3.05. The maximum absolute atomic E-state index is 10.8. The number of nitro groups is 2. The predicted molar refractivity (Wildman–Crippen MR) is 71.6 cm³/mol. The lowest BCUT2D eigenvalue weighted by Gasteiger charge is -2.06. The highest BCUT2D eigenvalue weighted by Crippen LogP contribution is 2.31. The van der Waals surface area contributed by atoms with Crippen molar-refractivity contribution in [1.29, 1.82) is 0 Å². The van der Waals surface area contributed by atoms with Gasteiger partial charge >= 0.3 is 11.6 Å². The molecule has 0 amide bonds. The Balaban J connectivity index is 2.38. The Bertz CT molecular complexity index is 737. The summed E-state index contributed by atoms with van der Waals surface area (Å²) in [4.78, 5) is 27.4. The number of aryl methyl sites for hydroxylation is 1. The van der Waals surface area contributed by atoms with E-state index in [0.717, 1.165) is 6.20 Å². The number of halogens is 1. The van der Waals surface area contributed by atoms with E-state index < -0.39 is 15.5 Å².